The van der Waals surface area contributed by atoms with E-state index in [0.717, 1.165) is 11.3 Å². The molecule has 2 aromatic carbocycles. The minimum Gasteiger partial charge on any atom is -0.497 e. The minimum atomic E-state index is -0.220. The summed E-state index contributed by atoms with van der Waals surface area (Å²) in [5.74, 6) is 0.621. The third-order valence-corrected chi connectivity index (χ3v) is 3.58. The zero-order valence-electron chi connectivity index (χ0n) is 12.5. The van der Waals surface area contributed by atoms with Crippen LogP contribution in [0.2, 0.25) is 5.02 Å². The van der Waals surface area contributed by atoms with Crippen LogP contribution in [-0.2, 0) is 4.74 Å². The number of rotatable bonds is 6. The zero-order chi connectivity index (χ0) is 15.9. The molecule has 0 saturated heterocycles. The Bertz CT molecular complexity index is 611. The number of ether oxygens (including phenoxy) is 2. The lowest BCUT2D eigenvalue weighted by Crippen LogP contribution is -2.29. The van der Waals surface area contributed by atoms with Crippen LogP contribution in [0.4, 0.5) is 0 Å². The number of hydrogen-bond donors (Lipinski definition) is 1. The monoisotopic (exact) mass is 319 g/mol. The molecule has 0 radical (unpaired) electrons. The fourth-order valence-electron chi connectivity index (χ4n) is 2.04. The molecule has 1 N–H and O–H groups in total. The predicted octanol–water partition coefficient (Wildman–Crippen LogP) is 3.47. The van der Waals surface area contributed by atoms with E-state index in [9.17, 15) is 4.79 Å². The van der Waals surface area contributed by atoms with Gasteiger partial charge < -0.3 is 14.8 Å². The van der Waals surface area contributed by atoms with E-state index in [1.54, 1.807) is 38.5 Å². The smallest absolute Gasteiger partial charge is 0.251 e. The topological polar surface area (TPSA) is 47.6 Å². The summed E-state index contributed by atoms with van der Waals surface area (Å²) in [7, 11) is 3.23. The van der Waals surface area contributed by atoms with Crippen molar-refractivity contribution in [3.05, 3.63) is 64.7 Å². The molecule has 2 rings (SSSR count). The van der Waals surface area contributed by atoms with Crippen LogP contribution in [0.15, 0.2) is 48.5 Å². The second kappa shape index (κ2) is 7.82. The third-order valence-electron chi connectivity index (χ3n) is 3.33. The Morgan fingerprint density at radius 2 is 1.73 bits per heavy atom. The van der Waals surface area contributed by atoms with Gasteiger partial charge in [0.25, 0.3) is 5.91 Å². The van der Waals surface area contributed by atoms with Gasteiger partial charge in [0.1, 0.15) is 5.75 Å². The Morgan fingerprint density at radius 3 is 2.27 bits per heavy atom. The molecule has 5 heteroatoms. The summed E-state index contributed by atoms with van der Waals surface area (Å²) in [5.41, 5.74) is 1.54. The molecule has 0 aliphatic rings. The van der Waals surface area contributed by atoms with Crippen LogP contribution in [0.3, 0.4) is 0 Å². The number of amides is 1. The van der Waals surface area contributed by atoms with E-state index >= 15 is 0 Å². The molecule has 116 valence electrons. The largest absolute Gasteiger partial charge is 0.497 e. The van der Waals surface area contributed by atoms with Crippen molar-refractivity contribution in [3.63, 3.8) is 0 Å². The van der Waals surface area contributed by atoms with E-state index in [0.29, 0.717) is 17.1 Å². The van der Waals surface area contributed by atoms with Gasteiger partial charge >= 0.3 is 0 Å². The Balaban J connectivity index is 1.97. The summed E-state index contributed by atoms with van der Waals surface area (Å²) in [5, 5.41) is 3.46. The van der Waals surface area contributed by atoms with E-state index in [1.807, 2.05) is 24.3 Å². The lowest BCUT2D eigenvalue weighted by molar-refractivity contribution is 0.0827. The molecule has 0 bridgehead atoms. The first kappa shape index (κ1) is 16.3. The Labute approximate surface area is 135 Å². The number of hydrogen-bond acceptors (Lipinski definition) is 3. The second-order valence-corrected chi connectivity index (χ2v) is 5.15. The average Bonchev–Trinajstić information content (AvgIpc) is 2.56. The maximum atomic E-state index is 12.1. The fraction of sp³-hybridized carbons (Fsp3) is 0.235. The zero-order valence-corrected chi connectivity index (χ0v) is 13.3. The highest BCUT2D eigenvalue weighted by molar-refractivity contribution is 6.30. The van der Waals surface area contributed by atoms with Gasteiger partial charge in [0.15, 0.2) is 0 Å². The molecule has 0 saturated carbocycles. The highest BCUT2D eigenvalue weighted by atomic mass is 35.5. The molecule has 1 unspecified atom stereocenters. The molecular formula is C17H18ClNO3. The Morgan fingerprint density at radius 1 is 1.09 bits per heavy atom. The lowest BCUT2D eigenvalue weighted by Gasteiger charge is -2.17. The van der Waals surface area contributed by atoms with Gasteiger partial charge in [-0.25, -0.2) is 0 Å². The molecule has 4 nitrogen and oxygen atoms in total. The minimum absolute atomic E-state index is 0.160. The number of methoxy groups -OCH3 is 2. The Kier molecular flexibility index (Phi) is 5.81. The van der Waals surface area contributed by atoms with E-state index in [-0.39, 0.29) is 12.0 Å². The molecule has 0 aliphatic heterocycles. The molecule has 22 heavy (non-hydrogen) atoms. The summed E-state index contributed by atoms with van der Waals surface area (Å²) >= 11 is 5.81. The van der Waals surface area contributed by atoms with Crippen LogP contribution >= 0.6 is 11.6 Å². The normalized spacial score (nSPS) is 11.8. The van der Waals surface area contributed by atoms with Gasteiger partial charge in [0.2, 0.25) is 0 Å². The maximum absolute atomic E-state index is 12.1. The molecule has 0 aliphatic carbocycles. The van der Waals surface area contributed by atoms with E-state index in [1.165, 1.54) is 0 Å². The van der Waals surface area contributed by atoms with Crippen molar-refractivity contribution < 1.29 is 14.3 Å². The lowest BCUT2D eigenvalue weighted by atomic mass is 10.1. The van der Waals surface area contributed by atoms with Crippen LogP contribution in [0.5, 0.6) is 5.75 Å². The van der Waals surface area contributed by atoms with Crippen LogP contribution in [0.1, 0.15) is 22.0 Å². The van der Waals surface area contributed by atoms with Crippen molar-refractivity contribution >= 4 is 17.5 Å². The fourth-order valence-corrected chi connectivity index (χ4v) is 2.17. The van der Waals surface area contributed by atoms with Crippen molar-refractivity contribution in [1.82, 2.24) is 5.32 Å². The second-order valence-electron chi connectivity index (χ2n) is 4.71. The molecule has 0 heterocycles. The van der Waals surface area contributed by atoms with Gasteiger partial charge in [-0.2, -0.15) is 0 Å². The van der Waals surface area contributed by atoms with Gasteiger partial charge in [0.05, 0.1) is 13.2 Å². The summed E-state index contributed by atoms with van der Waals surface area (Å²) in [6.45, 7) is 0.379. The molecule has 0 aromatic heterocycles. The first-order chi connectivity index (χ1) is 10.6. The quantitative estimate of drug-likeness (QED) is 0.887. The molecular weight excluding hydrogens is 302 g/mol. The maximum Gasteiger partial charge on any atom is 0.251 e. The van der Waals surface area contributed by atoms with Crippen molar-refractivity contribution in [1.29, 1.82) is 0 Å². The number of carbonyl (C=O) groups is 1. The summed E-state index contributed by atoms with van der Waals surface area (Å²) < 4.78 is 10.6. The summed E-state index contributed by atoms with van der Waals surface area (Å²) in [6, 6.07) is 14.3. The standard InChI is InChI=1S/C17H18ClNO3/c1-21-15-9-5-12(6-10-15)16(22-2)11-19-17(20)13-3-7-14(18)8-4-13/h3-10,16H,11H2,1-2H3,(H,19,20). The van der Waals surface area contributed by atoms with Crippen molar-refractivity contribution in [3.8, 4) is 5.75 Å². The number of benzene rings is 2. The van der Waals surface area contributed by atoms with Gasteiger partial charge in [0, 0.05) is 24.2 Å². The van der Waals surface area contributed by atoms with Crippen molar-refractivity contribution in [2.45, 2.75) is 6.10 Å². The molecule has 1 amide bonds. The highest BCUT2D eigenvalue weighted by Gasteiger charge is 2.13. The number of carbonyl (C=O) groups excluding carboxylic acids is 1. The van der Waals surface area contributed by atoms with Crippen LogP contribution in [-0.4, -0.2) is 26.7 Å². The van der Waals surface area contributed by atoms with Gasteiger partial charge in [-0.05, 0) is 42.0 Å². The number of nitrogens with one attached hydrogen (secondary N) is 1. The van der Waals surface area contributed by atoms with E-state index in [2.05, 4.69) is 5.32 Å². The van der Waals surface area contributed by atoms with E-state index in [4.69, 9.17) is 21.1 Å². The summed E-state index contributed by atoms with van der Waals surface area (Å²) in [6.07, 6.45) is -0.220. The van der Waals surface area contributed by atoms with E-state index < -0.39 is 0 Å². The van der Waals surface area contributed by atoms with Crippen LogP contribution < -0.4 is 10.1 Å². The van der Waals surface area contributed by atoms with Crippen molar-refractivity contribution in [2.24, 2.45) is 0 Å². The molecule has 0 spiro atoms. The highest BCUT2D eigenvalue weighted by Crippen LogP contribution is 2.19. The summed E-state index contributed by atoms with van der Waals surface area (Å²) in [4.78, 5) is 12.1. The Hall–Kier alpha value is -2.04. The average molecular weight is 320 g/mol. The van der Waals surface area contributed by atoms with Gasteiger partial charge in [-0.15, -0.1) is 0 Å². The predicted molar refractivity (Wildman–Crippen MR) is 86.5 cm³/mol. The van der Waals surface area contributed by atoms with Crippen LogP contribution in [0.25, 0.3) is 0 Å². The van der Waals surface area contributed by atoms with Gasteiger partial charge in [-0.3, -0.25) is 4.79 Å². The van der Waals surface area contributed by atoms with Crippen molar-refractivity contribution in [2.75, 3.05) is 20.8 Å². The van der Waals surface area contributed by atoms with Crippen LogP contribution in [0, 0.1) is 0 Å². The first-order valence-corrected chi connectivity index (χ1v) is 7.22. The molecule has 2 aromatic rings. The molecule has 1 atom stereocenters. The number of halogens is 1. The molecule has 0 fully saturated rings. The SMILES string of the molecule is COc1ccc(C(CNC(=O)c2ccc(Cl)cc2)OC)cc1. The third kappa shape index (κ3) is 4.23. The first-order valence-electron chi connectivity index (χ1n) is 6.84. The van der Waals surface area contributed by atoms with Gasteiger partial charge in [-0.1, -0.05) is 23.7 Å².